The van der Waals surface area contributed by atoms with Gasteiger partial charge in [0, 0.05) is 6.08 Å². The van der Waals surface area contributed by atoms with E-state index in [0.29, 0.717) is 5.57 Å². The fourth-order valence-electron chi connectivity index (χ4n) is 3.76. The van der Waals surface area contributed by atoms with Gasteiger partial charge in [-0.2, -0.15) is 0 Å². The lowest BCUT2D eigenvalue weighted by Crippen LogP contribution is -2.39. The standard InChI is InChI=1S/C20H28O3/c1-14(12-18(21)22)8-6-9-15(2)16-13-17-19(3,4)10-7-11-20(17,5)23-16/h6,8-9,12-13,16H,7,10-11H2,1-5H3,(H,21,22)/b8-6-,14-12-,15-9-. The maximum atomic E-state index is 10.6. The van der Waals surface area contributed by atoms with Crippen molar-refractivity contribution in [2.45, 2.75) is 65.6 Å². The van der Waals surface area contributed by atoms with Gasteiger partial charge in [0.1, 0.15) is 0 Å². The Bertz CT molecular complexity index is 604. The summed E-state index contributed by atoms with van der Waals surface area (Å²) in [6.07, 6.45) is 12.7. The predicted octanol–water partition coefficient (Wildman–Crippen LogP) is 4.81. The monoisotopic (exact) mass is 316 g/mol. The maximum absolute atomic E-state index is 10.6. The zero-order valence-corrected chi connectivity index (χ0v) is 14.8. The zero-order valence-electron chi connectivity index (χ0n) is 14.8. The van der Waals surface area contributed by atoms with Gasteiger partial charge < -0.3 is 9.84 Å². The molecule has 1 N–H and O–H groups in total. The molecule has 2 rings (SSSR count). The molecule has 23 heavy (non-hydrogen) atoms. The number of aliphatic carboxylic acids is 1. The van der Waals surface area contributed by atoms with Crippen LogP contribution in [-0.4, -0.2) is 22.8 Å². The largest absolute Gasteiger partial charge is 0.478 e. The lowest BCUT2D eigenvalue weighted by atomic mass is 9.67. The Labute approximate surface area is 139 Å². The van der Waals surface area contributed by atoms with E-state index in [0.717, 1.165) is 12.0 Å². The third kappa shape index (κ3) is 4.03. The van der Waals surface area contributed by atoms with Crippen LogP contribution in [-0.2, 0) is 9.53 Å². The average molecular weight is 316 g/mol. The van der Waals surface area contributed by atoms with Crippen LogP contribution in [0, 0.1) is 5.41 Å². The minimum absolute atomic E-state index is 0.0146. The van der Waals surface area contributed by atoms with E-state index in [1.54, 1.807) is 13.0 Å². The number of rotatable bonds is 4. The van der Waals surface area contributed by atoms with Gasteiger partial charge in [0.05, 0.1) is 11.7 Å². The molecule has 126 valence electrons. The summed E-state index contributed by atoms with van der Waals surface area (Å²) in [4.78, 5) is 10.6. The van der Waals surface area contributed by atoms with E-state index in [-0.39, 0.29) is 17.1 Å². The van der Waals surface area contributed by atoms with Crippen LogP contribution in [0.2, 0.25) is 0 Å². The van der Waals surface area contributed by atoms with Gasteiger partial charge in [-0.1, -0.05) is 32.1 Å². The van der Waals surface area contributed by atoms with Crippen LogP contribution in [0.15, 0.2) is 47.1 Å². The van der Waals surface area contributed by atoms with Crippen molar-refractivity contribution in [2.75, 3.05) is 0 Å². The molecule has 1 aliphatic carbocycles. The van der Waals surface area contributed by atoms with E-state index in [4.69, 9.17) is 9.84 Å². The van der Waals surface area contributed by atoms with Crippen LogP contribution in [0.25, 0.3) is 0 Å². The van der Waals surface area contributed by atoms with Crippen molar-refractivity contribution in [3.63, 3.8) is 0 Å². The number of hydrogen-bond donors (Lipinski definition) is 1. The lowest BCUT2D eigenvalue weighted by Gasteiger charge is -2.42. The molecule has 1 saturated carbocycles. The highest BCUT2D eigenvalue weighted by Gasteiger charge is 2.47. The van der Waals surface area contributed by atoms with Gasteiger partial charge in [-0.3, -0.25) is 0 Å². The van der Waals surface area contributed by atoms with Crippen molar-refractivity contribution in [3.8, 4) is 0 Å². The first kappa shape index (κ1) is 17.7. The van der Waals surface area contributed by atoms with Crippen LogP contribution in [0.1, 0.15) is 53.9 Å². The van der Waals surface area contributed by atoms with Crippen molar-refractivity contribution >= 4 is 5.97 Å². The van der Waals surface area contributed by atoms with Crippen molar-refractivity contribution in [2.24, 2.45) is 5.41 Å². The highest BCUT2D eigenvalue weighted by Crippen LogP contribution is 2.51. The van der Waals surface area contributed by atoms with Crippen molar-refractivity contribution in [1.82, 2.24) is 0 Å². The molecule has 0 saturated heterocycles. The molecule has 3 heteroatoms. The normalized spacial score (nSPS) is 31.2. The minimum Gasteiger partial charge on any atom is -0.478 e. The summed E-state index contributed by atoms with van der Waals surface area (Å²) in [6.45, 7) is 10.7. The molecule has 0 amide bonds. The van der Waals surface area contributed by atoms with Crippen LogP contribution < -0.4 is 0 Å². The molecule has 2 aliphatic rings. The topological polar surface area (TPSA) is 46.5 Å². The minimum atomic E-state index is -0.920. The van der Waals surface area contributed by atoms with Crippen LogP contribution in [0.4, 0.5) is 0 Å². The Hall–Kier alpha value is -1.61. The SMILES string of the molecule is CC(/C=C\C=C(\C)C1C=C2C(C)(C)CCCC2(C)O1)=C/C(=O)O. The van der Waals surface area contributed by atoms with Gasteiger partial charge in [-0.15, -0.1) is 0 Å². The number of hydrogen-bond acceptors (Lipinski definition) is 2. The van der Waals surface area contributed by atoms with Gasteiger partial charge in [0.25, 0.3) is 0 Å². The van der Waals surface area contributed by atoms with Crippen LogP contribution in [0.5, 0.6) is 0 Å². The van der Waals surface area contributed by atoms with E-state index < -0.39 is 5.97 Å². The Kier molecular flexibility index (Phi) is 5.00. The fraction of sp³-hybridized carbons (Fsp3) is 0.550. The summed E-state index contributed by atoms with van der Waals surface area (Å²) < 4.78 is 6.37. The molecule has 0 aromatic carbocycles. The first-order chi connectivity index (χ1) is 10.6. The van der Waals surface area contributed by atoms with Gasteiger partial charge in [-0.05, 0) is 68.2 Å². The molecule has 0 radical (unpaired) electrons. The molecular weight excluding hydrogens is 288 g/mol. The second-order valence-electron chi connectivity index (χ2n) is 7.58. The highest BCUT2D eigenvalue weighted by atomic mass is 16.5. The number of carboxylic acids is 1. The molecule has 1 heterocycles. The number of carbonyl (C=O) groups is 1. The van der Waals surface area contributed by atoms with E-state index in [1.807, 2.05) is 12.2 Å². The molecule has 0 spiro atoms. The molecule has 2 atom stereocenters. The molecule has 2 unspecified atom stereocenters. The summed E-state index contributed by atoms with van der Waals surface area (Å²) in [6, 6.07) is 0. The summed E-state index contributed by atoms with van der Waals surface area (Å²) in [7, 11) is 0. The van der Waals surface area contributed by atoms with Crippen LogP contribution in [0.3, 0.4) is 0 Å². The summed E-state index contributed by atoms with van der Waals surface area (Å²) in [5, 5.41) is 8.71. The predicted molar refractivity (Wildman–Crippen MR) is 93.3 cm³/mol. The van der Waals surface area contributed by atoms with Gasteiger partial charge >= 0.3 is 5.97 Å². The average Bonchev–Trinajstić information content (AvgIpc) is 2.77. The van der Waals surface area contributed by atoms with Gasteiger partial charge in [-0.25, -0.2) is 4.79 Å². The molecule has 0 aromatic heterocycles. The van der Waals surface area contributed by atoms with E-state index in [1.165, 1.54) is 24.5 Å². The number of ether oxygens (including phenoxy) is 1. The third-order valence-corrected chi connectivity index (χ3v) is 4.98. The van der Waals surface area contributed by atoms with Crippen molar-refractivity contribution in [3.05, 3.63) is 47.1 Å². The number of carboxylic acid groups (broad SMARTS) is 1. The van der Waals surface area contributed by atoms with E-state index >= 15 is 0 Å². The highest BCUT2D eigenvalue weighted by molar-refractivity contribution is 5.81. The Morgan fingerprint density at radius 3 is 2.61 bits per heavy atom. The molecule has 0 aromatic rings. The molecule has 0 bridgehead atoms. The van der Waals surface area contributed by atoms with E-state index in [9.17, 15) is 4.79 Å². The quantitative estimate of drug-likeness (QED) is 0.460. The number of allylic oxidation sites excluding steroid dienone is 4. The molecule has 1 aliphatic heterocycles. The van der Waals surface area contributed by atoms with Crippen molar-refractivity contribution in [1.29, 1.82) is 0 Å². The Morgan fingerprint density at radius 2 is 2.00 bits per heavy atom. The second kappa shape index (κ2) is 6.48. The third-order valence-electron chi connectivity index (χ3n) is 4.98. The Morgan fingerprint density at radius 1 is 1.30 bits per heavy atom. The molecule has 1 fully saturated rings. The maximum Gasteiger partial charge on any atom is 0.328 e. The summed E-state index contributed by atoms with van der Waals surface area (Å²) in [5.74, 6) is -0.920. The van der Waals surface area contributed by atoms with Gasteiger partial charge in [0.2, 0.25) is 0 Å². The first-order valence-corrected chi connectivity index (χ1v) is 8.31. The summed E-state index contributed by atoms with van der Waals surface area (Å²) >= 11 is 0. The smallest absolute Gasteiger partial charge is 0.328 e. The fourth-order valence-corrected chi connectivity index (χ4v) is 3.76. The summed E-state index contributed by atoms with van der Waals surface area (Å²) in [5.41, 5.74) is 3.36. The zero-order chi connectivity index (χ0) is 17.3. The molecule has 3 nitrogen and oxygen atoms in total. The first-order valence-electron chi connectivity index (χ1n) is 8.31. The Balaban J connectivity index is 2.14. The lowest BCUT2D eigenvalue weighted by molar-refractivity contribution is -0.131. The van der Waals surface area contributed by atoms with E-state index in [2.05, 4.69) is 33.8 Å². The number of fused-ring (bicyclic) bond motifs is 1. The van der Waals surface area contributed by atoms with Crippen LogP contribution >= 0.6 is 0 Å². The molecular formula is C20H28O3. The second-order valence-corrected chi connectivity index (χ2v) is 7.58. The van der Waals surface area contributed by atoms with Crippen molar-refractivity contribution < 1.29 is 14.6 Å². The van der Waals surface area contributed by atoms with Gasteiger partial charge in [0.15, 0.2) is 0 Å².